The van der Waals surface area contributed by atoms with E-state index < -0.39 is 10.0 Å². The molecule has 0 aliphatic heterocycles. The zero-order chi connectivity index (χ0) is 15.1. The summed E-state index contributed by atoms with van der Waals surface area (Å²) in [6, 6.07) is 2.43. The van der Waals surface area contributed by atoms with Gasteiger partial charge in [-0.3, -0.25) is 0 Å². The van der Waals surface area contributed by atoms with E-state index in [0.29, 0.717) is 16.8 Å². The van der Waals surface area contributed by atoms with E-state index in [1.165, 1.54) is 24.2 Å². The third kappa shape index (κ3) is 6.28. The Morgan fingerprint density at radius 2 is 2.14 bits per heavy atom. The monoisotopic (exact) mass is 348 g/mol. The van der Waals surface area contributed by atoms with E-state index >= 15 is 0 Å². The van der Waals surface area contributed by atoms with E-state index in [0.717, 1.165) is 37.1 Å². The van der Waals surface area contributed by atoms with Crippen molar-refractivity contribution in [3.8, 4) is 0 Å². The Morgan fingerprint density at radius 1 is 1.33 bits per heavy atom. The predicted octanol–water partition coefficient (Wildman–Crippen LogP) is 2.81. The summed E-state index contributed by atoms with van der Waals surface area (Å²) in [4.78, 5) is 0. The van der Waals surface area contributed by atoms with Crippen molar-refractivity contribution in [1.29, 1.82) is 0 Å². The lowest BCUT2D eigenvalue weighted by Crippen LogP contribution is -2.24. The number of hydrogen-bond donors (Lipinski definition) is 2. The molecule has 21 heavy (non-hydrogen) atoms. The van der Waals surface area contributed by atoms with Crippen LogP contribution in [0.4, 0.5) is 0 Å². The summed E-state index contributed by atoms with van der Waals surface area (Å²) in [6.07, 6.45) is 7.71. The van der Waals surface area contributed by atoms with Gasteiger partial charge in [-0.2, -0.15) is 11.8 Å². The zero-order valence-electron chi connectivity index (χ0n) is 12.4. The minimum Gasteiger partial charge on any atom is -0.310 e. The summed E-state index contributed by atoms with van der Waals surface area (Å²) < 4.78 is 27.4. The zero-order valence-corrected chi connectivity index (χ0v) is 14.9. The second-order valence-electron chi connectivity index (χ2n) is 5.38. The molecule has 1 aromatic heterocycles. The van der Waals surface area contributed by atoms with E-state index in [1.54, 1.807) is 6.07 Å². The lowest BCUT2D eigenvalue weighted by molar-refractivity contribution is 0.578. The van der Waals surface area contributed by atoms with Gasteiger partial charge in [0, 0.05) is 19.1 Å². The van der Waals surface area contributed by atoms with Gasteiger partial charge in [-0.1, -0.05) is 6.42 Å². The molecule has 1 aliphatic carbocycles. The summed E-state index contributed by atoms with van der Waals surface area (Å²) in [5, 5.41) is 5.33. The Balaban J connectivity index is 1.73. The molecule has 1 saturated carbocycles. The highest BCUT2D eigenvalue weighted by atomic mass is 32.2. The average molecular weight is 349 g/mol. The Bertz CT molecular complexity index is 524. The third-order valence-corrected chi connectivity index (χ3v) is 7.03. The average Bonchev–Trinajstić information content (AvgIpc) is 3.16. The molecule has 1 aliphatic rings. The van der Waals surface area contributed by atoms with Crippen LogP contribution in [0.5, 0.6) is 0 Å². The molecule has 2 N–H and O–H groups in total. The fourth-order valence-corrected chi connectivity index (χ4v) is 4.78. The van der Waals surface area contributed by atoms with Crippen molar-refractivity contribution in [3.63, 3.8) is 0 Å². The molecule has 1 aromatic rings. The molecule has 0 spiro atoms. The number of rotatable bonds is 11. The van der Waals surface area contributed by atoms with E-state index in [-0.39, 0.29) is 0 Å². The maximum atomic E-state index is 12.2. The van der Waals surface area contributed by atoms with Gasteiger partial charge in [-0.15, -0.1) is 11.3 Å². The molecular formula is C14H24N2O2S3. The minimum absolute atomic E-state index is 0.430. The van der Waals surface area contributed by atoms with Crippen LogP contribution in [0, 0.1) is 0 Å². The van der Waals surface area contributed by atoms with E-state index in [9.17, 15) is 8.42 Å². The molecule has 0 radical (unpaired) electrons. The van der Waals surface area contributed by atoms with Crippen LogP contribution in [-0.4, -0.2) is 33.0 Å². The molecule has 7 heteroatoms. The first kappa shape index (κ1) is 17.3. The van der Waals surface area contributed by atoms with Gasteiger partial charge in [-0.25, -0.2) is 13.1 Å². The molecule has 120 valence electrons. The minimum atomic E-state index is -3.32. The van der Waals surface area contributed by atoms with Crippen LogP contribution in [0.1, 0.15) is 37.7 Å². The fourth-order valence-electron chi connectivity index (χ4n) is 1.96. The third-order valence-electron chi connectivity index (χ3n) is 3.38. The van der Waals surface area contributed by atoms with Gasteiger partial charge in [0.25, 0.3) is 0 Å². The van der Waals surface area contributed by atoms with Gasteiger partial charge in [0.05, 0.1) is 0 Å². The Labute approximate surface area is 136 Å². The van der Waals surface area contributed by atoms with E-state index in [4.69, 9.17) is 0 Å². The SMILES string of the molecule is CSCCCCCNS(=O)(=O)c1cc(CNC2CC2)cs1. The van der Waals surface area contributed by atoms with Crippen molar-refractivity contribution in [3.05, 3.63) is 17.0 Å². The first-order chi connectivity index (χ1) is 10.1. The predicted molar refractivity (Wildman–Crippen MR) is 91.6 cm³/mol. The highest BCUT2D eigenvalue weighted by Gasteiger charge is 2.21. The fraction of sp³-hybridized carbons (Fsp3) is 0.714. The van der Waals surface area contributed by atoms with Gasteiger partial charge < -0.3 is 5.32 Å². The molecular weight excluding hydrogens is 324 g/mol. The maximum Gasteiger partial charge on any atom is 0.250 e. The summed E-state index contributed by atoms with van der Waals surface area (Å²) >= 11 is 3.14. The molecule has 0 unspecified atom stereocenters. The molecule has 2 rings (SSSR count). The lowest BCUT2D eigenvalue weighted by atomic mass is 10.2. The summed E-state index contributed by atoms with van der Waals surface area (Å²) in [7, 11) is -3.32. The van der Waals surface area contributed by atoms with Gasteiger partial charge >= 0.3 is 0 Å². The van der Waals surface area contributed by atoms with Crippen molar-refractivity contribution in [2.75, 3.05) is 18.6 Å². The van der Waals surface area contributed by atoms with Crippen LogP contribution in [0.15, 0.2) is 15.7 Å². The molecule has 4 nitrogen and oxygen atoms in total. The standard InChI is InChI=1S/C14H24N2O2S3/c1-19-8-4-2-3-7-16-21(17,18)14-9-12(11-20-14)10-15-13-5-6-13/h9,11,13,15-16H,2-8,10H2,1H3. The molecule has 1 heterocycles. The van der Waals surface area contributed by atoms with Gasteiger partial charge in [0.15, 0.2) is 0 Å². The summed E-state index contributed by atoms with van der Waals surface area (Å²) in [6.45, 7) is 1.30. The summed E-state index contributed by atoms with van der Waals surface area (Å²) in [5.41, 5.74) is 1.06. The molecule has 0 bridgehead atoms. The number of thiophene rings is 1. The Morgan fingerprint density at radius 3 is 2.86 bits per heavy atom. The maximum absolute atomic E-state index is 12.2. The van der Waals surface area contributed by atoms with Crippen LogP contribution >= 0.6 is 23.1 Å². The van der Waals surface area contributed by atoms with Gasteiger partial charge in [0.1, 0.15) is 4.21 Å². The molecule has 1 fully saturated rings. The molecule has 0 atom stereocenters. The van der Waals surface area contributed by atoms with Gasteiger partial charge in [0.2, 0.25) is 10.0 Å². The van der Waals surface area contributed by atoms with Crippen LogP contribution in [0.3, 0.4) is 0 Å². The first-order valence-corrected chi connectivity index (χ1v) is 11.2. The smallest absolute Gasteiger partial charge is 0.250 e. The normalized spacial score (nSPS) is 15.5. The lowest BCUT2D eigenvalue weighted by Gasteiger charge is -2.04. The highest BCUT2D eigenvalue weighted by Crippen LogP contribution is 2.23. The summed E-state index contributed by atoms with van der Waals surface area (Å²) in [5.74, 6) is 1.15. The van der Waals surface area contributed by atoms with Crippen molar-refractivity contribution in [2.45, 2.75) is 48.9 Å². The largest absolute Gasteiger partial charge is 0.310 e. The first-order valence-electron chi connectivity index (χ1n) is 7.41. The van der Waals surface area contributed by atoms with Crippen LogP contribution in [-0.2, 0) is 16.6 Å². The quantitative estimate of drug-likeness (QED) is 0.604. The Hall–Kier alpha value is -0.0800. The second-order valence-corrected chi connectivity index (χ2v) is 9.27. The molecule has 0 saturated heterocycles. The van der Waals surface area contributed by atoms with E-state index in [1.807, 2.05) is 17.1 Å². The van der Waals surface area contributed by atoms with Crippen LogP contribution in [0.25, 0.3) is 0 Å². The van der Waals surface area contributed by atoms with Crippen LogP contribution < -0.4 is 10.0 Å². The van der Waals surface area contributed by atoms with Crippen molar-refractivity contribution in [1.82, 2.24) is 10.0 Å². The number of sulfonamides is 1. The van der Waals surface area contributed by atoms with Crippen molar-refractivity contribution >= 4 is 33.1 Å². The topological polar surface area (TPSA) is 58.2 Å². The van der Waals surface area contributed by atoms with E-state index in [2.05, 4.69) is 16.3 Å². The highest BCUT2D eigenvalue weighted by molar-refractivity contribution is 7.98. The molecule has 0 aromatic carbocycles. The number of hydrogen-bond acceptors (Lipinski definition) is 5. The second kappa shape index (κ2) is 8.53. The molecule has 0 amide bonds. The number of nitrogens with one attached hydrogen (secondary N) is 2. The number of thioether (sulfide) groups is 1. The van der Waals surface area contributed by atoms with Crippen molar-refractivity contribution < 1.29 is 8.42 Å². The van der Waals surface area contributed by atoms with Gasteiger partial charge in [-0.05, 0) is 54.7 Å². The van der Waals surface area contributed by atoms with Crippen LogP contribution in [0.2, 0.25) is 0 Å². The number of unbranched alkanes of at least 4 members (excludes halogenated alkanes) is 2. The van der Waals surface area contributed by atoms with Crippen molar-refractivity contribution in [2.24, 2.45) is 0 Å². The Kier molecular flexibility index (Phi) is 7.01.